The monoisotopic (exact) mass is 374 g/mol. The lowest BCUT2D eigenvalue weighted by Crippen LogP contribution is -1.97. The Labute approximate surface area is 163 Å². The summed E-state index contributed by atoms with van der Waals surface area (Å²) in [5.41, 5.74) is 6.12. The summed E-state index contributed by atoms with van der Waals surface area (Å²) in [5.74, 6) is 0.586. The van der Waals surface area contributed by atoms with Gasteiger partial charge in [0.05, 0.1) is 6.61 Å². The van der Waals surface area contributed by atoms with Crippen LogP contribution in [0.25, 0.3) is 16.5 Å². The van der Waals surface area contributed by atoms with Gasteiger partial charge in [-0.15, -0.1) is 11.3 Å². The van der Waals surface area contributed by atoms with Crippen LogP contribution in [0.3, 0.4) is 0 Å². The second-order valence-corrected chi connectivity index (χ2v) is 8.42. The Hall–Kier alpha value is -2.49. The first-order chi connectivity index (χ1) is 13.0. The highest BCUT2D eigenvalue weighted by atomic mass is 32.1. The van der Waals surface area contributed by atoms with E-state index in [4.69, 9.17) is 0 Å². The van der Waals surface area contributed by atoms with E-state index in [1.54, 1.807) is 11.3 Å². The lowest BCUT2D eigenvalue weighted by atomic mass is 9.98. The quantitative estimate of drug-likeness (QED) is 0.581. The molecule has 136 valence electrons. The van der Waals surface area contributed by atoms with Crippen LogP contribution in [-0.2, 0) is 13.0 Å². The molecule has 0 aliphatic heterocycles. The predicted molar refractivity (Wildman–Crippen MR) is 112 cm³/mol. The number of aliphatic hydroxyl groups excluding tert-OH is 1. The smallest absolute Gasteiger partial charge is 0.189 e. The van der Waals surface area contributed by atoms with E-state index in [2.05, 4.69) is 44.2 Å². The molecule has 3 heteroatoms. The number of thiophene rings is 1. The maximum atomic E-state index is 12.8. The summed E-state index contributed by atoms with van der Waals surface area (Å²) in [5, 5.41) is 9.17. The summed E-state index contributed by atoms with van der Waals surface area (Å²) in [6.45, 7) is 4.36. The van der Waals surface area contributed by atoms with Gasteiger partial charge in [0.15, 0.2) is 5.78 Å². The number of carbonyl (C=O) groups excluding carboxylic acids is 1. The van der Waals surface area contributed by atoms with Crippen molar-refractivity contribution in [3.05, 3.63) is 87.3 Å². The van der Waals surface area contributed by atoms with Crippen LogP contribution in [0.15, 0.2) is 60.2 Å². The fourth-order valence-electron chi connectivity index (χ4n) is 3.43. The number of fused-ring (bicyclic) bond motifs is 1. The number of Topliss-reactive ketones (excluding diaryl/α,β-unsaturated/α-hetero) is 1. The van der Waals surface area contributed by atoms with E-state index < -0.39 is 0 Å². The number of hydrogen-bond acceptors (Lipinski definition) is 3. The molecule has 27 heavy (non-hydrogen) atoms. The Bertz CT molecular complexity index is 1020. The summed E-state index contributed by atoms with van der Waals surface area (Å²) < 4.78 is 0. The maximum Gasteiger partial charge on any atom is 0.189 e. The molecule has 0 radical (unpaired) electrons. The van der Waals surface area contributed by atoms with Crippen molar-refractivity contribution < 1.29 is 9.90 Å². The van der Waals surface area contributed by atoms with Gasteiger partial charge in [0.1, 0.15) is 0 Å². The lowest BCUT2D eigenvalue weighted by molar-refractivity contribution is 0.104. The van der Waals surface area contributed by atoms with Crippen LogP contribution in [0.2, 0.25) is 0 Å². The van der Waals surface area contributed by atoms with Gasteiger partial charge in [0, 0.05) is 27.3 Å². The highest BCUT2D eigenvalue weighted by Gasteiger charge is 2.25. The molecule has 1 aliphatic rings. The molecule has 0 saturated heterocycles. The van der Waals surface area contributed by atoms with E-state index in [0.29, 0.717) is 12.3 Å². The normalized spacial score (nSPS) is 15.0. The van der Waals surface area contributed by atoms with Gasteiger partial charge in [0.25, 0.3) is 0 Å². The van der Waals surface area contributed by atoms with Crippen LogP contribution >= 0.6 is 11.3 Å². The molecule has 1 heterocycles. The van der Waals surface area contributed by atoms with Crippen LogP contribution in [0, 0.1) is 0 Å². The average Bonchev–Trinajstić information content (AvgIpc) is 3.27. The van der Waals surface area contributed by atoms with Gasteiger partial charge in [-0.1, -0.05) is 50.2 Å². The Balaban J connectivity index is 1.59. The molecule has 0 fully saturated rings. The van der Waals surface area contributed by atoms with Crippen LogP contribution in [0.5, 0.6) is 0 Å². The molecule has 1 aliphatic carbocycles. The minimum Gasteiger partial charge on any atom is -0.392 e. The number of allylic oxidation sites excluding steroid dienone is 1. The first-order valence-corrected chi connectivity index (χ1v) is 10.0. The molecular formula is C24H22O2S. The van der Waals surface area contributed by atoms with E-state index in [9.17, 15) is 9.90 Å². The van der Waals surface area contributed by atoms with E-state index >= 15 is 0 Å². The second-order valence-electron chi connectivity index (χ2n) is 7.30. The van der Waals surface area contributed by atoms with Gasteiger partial charge in [-0.2, -0.15) is 0 Å². The highest BCUT2D eigenvalue weighted by Crippen LogP contribution is 2.34. The largest absolute Gasteiger partial charge is 0.392 e. The first kappa shape index (κ1) is 17.9. The summed E-state index contributed by atoms with van der Waals surface area (Å²) in [7, 11) is 0. The number of ketones is 1. The predicted octanol–water partition coefficient (Wildman–Crippen LogP) is 5.85. The van der Waals surface area contributed by atoms with Gasteiger partial charge < -0.3 is 5.11 Å². The third-order valence-corrected chi connectivity index (χ3v) is 6.16. The standard InChI is InChI=1S/C24H22O2S/c1-15(2)18-7-8-19-11-20(24(26)22(19)13-18)12-21-9-10-23(27-21)17-5-3-16(14-25)4-6-17/h3-10,12-13,15,25H,11,14H2,1-2H3/b20-12+. The fourth-order valence-corrected chi connectivity index (χ4v) is 4.41. The fraction of sp³-hybridized carbons (Fsp3) is 0.208. The number of benzene rings is 2. The molecule has 0 amide bonds. The van der Waals surface area contributed by atoms with Crippen LogP contribution in [0.4, 0.5) is 0 Å². The molecular weight excluding hydrogens is 352 g/mol. The minimum atomic E-state index is 0.0588. The molecule has 3 aromatic rings. The van der Waals surface area contributed by atoms with Gasteiger partial charge >= 0.3 is 0 Å². The number of aliphatic hydroxyl groups is 1. The number of rotatable bonds is 4. The van der Waals surface area contributed by atoms with Crippen molar-refractivity contribution in [2.24, 2.45) is 0 Å². The Kier molecular flexibility index (Phi) is 4.81. The molecule has 2 aromatic carbocycles. The lowest BCUT2D eigenvalue weighted by Gasteiger charge is -2.06. The number of carbonyl (C=O) groups is 1. The third-order valence-electron chi connectivity index (χ3n) is 5.08. The molecule has 1 aromatic heterocycles. The van der Waals surface area contributed by atoms with E-state index in [-0.39, 0.29) is 12.4 Å². The van der Waals surface area contributed by atoms with Gasteiger partial charge in [-0.3, -0.25) is 4.79 Å². The Morgan fingerprint density at radius 1 is 1.07 bits per heavy atom. The Morgan fingerprint density at radius 2 is 1.85 bits per heavy atom. The molecule has 1 N–H and O–H groups in total. The van der Waals surface area contributed by atoms with Crippen molar-refractivity contribution in [3.63, 3.8) is 0 Å². The molecule has 2 nitrogen and oxygen atoms in total. The number of hydrogen-bond donors (Lipinski definition) is 1. The summed E-state index contributed by atoms with van der Waals surface area (Å²) in [6.07, 6.45) is 2.75. The summed E-state index contributed by atoms with van der Waals surface area (Å²) in [4.78, 5) is 15.1. The molecule has 0 unspecified atom stereocenters. The van der Waals surface area contributed by atoms with E-state index in [1.165, 1.54) is 5.56 Å². The molecule has 4 rings (SSSR count). The molecule has 0 bridgehead atoms. The van der Waals surface area contributed by atoms with Crippen molar-refractivity contribution in [1.82, 2.24) is 0 Å². The zero-order valence-electron chi connectivity index (χ0n) is 15.5. The zero-order valence-corrected chi connectivity index (χ0v) is 16.3. The van der Waals surface area contributed by atoms with Crippen molar-refractivity contribution in [1.29, 1.82) is 0 Å². The maximum absolute atomic E-state index is 12.8. The zero-order chi connectivity index (χ0) is 19.0. The SMILES string of the molecule is CC(C)c1ccc2c(c1)C(=O)/C(=C/c1ccc(-c3ccc(CO)cc3)s1)C2. The highest BCUT2D eigenvalue weighted by molar-refractivity contribution is 7.16. The Morgan fingerprint density at radius 3 is 2.56 bits per heavy atom. The molecule has 0 saturated carbocycles. The van der Waals surface area contributed by atoms with Gasteiger partial charge in [-0.05, 0) is 52.4 Å². The second kappa shape index (κ2) is 7.26. The summed E-state index contributed by atoms with van der Waals surface area (Å²) >= 11 is 1.68. The van der Waals surface area contributed by atoms with Gasteiger partial charge in [0.2, 0.25) is 0 Å². The molecule has 0 atom stereocenters. The van der Waals surface area contributed by atoms with E-state index in [1.807, 2.05) is 30.3 Å². The van der Waals surface area contributed by atoms with Crippen molar-refractivity contribution in [3.8, 4) is 10.4 Å². The minimum absolute atomic E-state index is 0.0588. The third kappa shape index (κ3) is 3.53. The van der Waals surface area contributed by atoms with Crippen molar-refractivity contribution in [2.75, 3.05) is 0 Å². The van der Waals surface area contributed by atoms with Crippen molar-refractivity contribution in [2.45, 2.75) is 32.8 Å². The first-order valence-electron chi connectivity index (χ1n) is 9.23. The van der Waals surface area contributed by atoms with E-state index in [0.717, 1.165) is 37.6 Å². The van der Waals surface area contributed by atoms with Gasteiger partial charge in [-0.25, -0.2) is 0 Å². The van der Waals surface area contributed by atoms with Crippen LogP contribution < -0.4 is 0 Å². The topological polar surface area (TPSA) is 37.3 Å². The van der Waals surface area contributed by atoms with Crippen LogP contribution in [-0.4, -0.2) is 10.9 Å². The summed E-state index contributed by atoms with van der Waals surface area (Å²) in [6, 6.07) is 18.4. The van der Waals surface area contributed by atoms with Crippen molar-refractivity contribution >= 4 is 23.2 Å². The molecule has 0 spiro atoms. The average molecular weight is 375 g/mol. The van der Waals surface area contributed by atoms with Crippen LogP contribution in [0.1, 0.15) is 51.7 Å².